The van der Waals surface area contributed by atoms with Gasteiger partial charge in [0.15, 0.2) is 0 Å². The van der Waals surface area contributed by atoms with E-state index in [1.807, 2.05) is 42.5 Å². The van der Waals surface area contributed by atoms with Crippen LogP contribution in [0.15, 0.2) is 46.9 Å². The van der Waals surface area contributed by atoms with Crippen LogP contribution >= 0.6 is 0 Å². The summed E-state index contributed by atoms with van der Waals surface area (Å²) in [5.41, 5.74) is 2.50. The molecule has 0 bridgehead atoms. The van der Waals surface area contributed by atoms with Gasteiger partial charge in [-0.1, -0.05) is 36.4 Å². The van der Waals surface area contributed by atoms with E-state index in [1.165, 1.54) is 0 Å². The Morgan fingerprint density at radius 3 is 2.68 bits per heavy atom. The van der Waals surface area contributed by atoms with E-state index < -0.39 is 22.2 Å². The van der Waals surface area contributed by atoms with Crippen molar-refractivity contribution in [3.05, 3.63) is 48.0 Å². The summed E-state index contributed by atoms with van der Waals surface area (Å²) in [6.07, 6.45) is 2.28. The molecule has 2 atom stereocenters. The lowest BCUT2D eigenvalue weighted by molar-refractivity contribution is 0.0461. The van der Waals surface area contributed by atoms with Crippen LogP contribution in [-0.4, -0.2) is 50.4 Å². The molecule has 1 fully saturated rings. The van der Waals surface area contributed by atoms with Gasteiger partial charge in [0.05, 0.1) is 18.4 Å². The van der Waals surface area contributed by atoms with Crippen molar-refractivity contribution in [2.24, 2.45) is 0 Å². The third-order valence-electron chi connectivity index (χ3n) is 5.63. The number of para-hydroxylation sites is 2. The highest BCUT2D eigenvalue weighted by molar-refractivity contribution is 7.88. The molecule has 1 aromatic heterocycles. The van der Waals surface area contributed by atoms with Crippen LogP contribution in [-0.2, 0) is 21.2 Å². The minimum Gasteiger partial charge on any atom is -0.456 e. The van der Waals surface area contributed by atoms with Gasteiger partial charge in [-0.2, -0.15) is 0 Å². The highest BCUT2D eigenvalue weighted by Crippen LogP contribution is 2.33. The first kappa shape index (κ1) is 21.6. The smallest absolute Gasteiger partial charge is 0.410 e. The second-order valence-electron chi connectivity index (χ2n) is 8.43. The molecule has 7 nitrogen and oxygen atoms in total. The Bertz CT molecular complexity index is 1200. The summed E-state index contributed by atoms with van der Waals surface area (Å²) in [6.45, 7) is 4.13. The topological polar surface area (TPSA) is 88.9 Å². The molecule has 166 valence electrons. The van der Waals surface area contributed by atoms with E-state index in [9.17, 15) is 13.2 Å². The van der Waals surface area contributed by atoms with Gasteiger partial charge < -0.3 is 14.1 Å². The molecule has 1 N–H and O–H groups in total. The van der Waals surface area contributed by atoms with E-state index in [2.05, 4.69) is 4.72 Å². The van der Waals surface area contributed by atoms with Crippen molar-refractivity contribution in [3.8, 4) is 0 Å². The van der Waals surface area contributed by atoms with E-state index in [-0.39, 0.29) is 12.1 Å². The Labute approximate surface area is 182 Å². The van der Waals surface area contributed by atoms with Gasteiger partial charge in [0, 0.05) is 23.4 Å². The van der Waals surface area contributed by atoms with Crippen LogP contribution in [0, 0.1) is 0 Å². The van der Waals surface area contributed by atoms with Crippen molar-refractivity contribution in [1.82, 2.24) is 9.62 Å². The molecule has 1 aliphatic heterocycles. The Balaban J connectivity index is 1.74. The fourth-order valence-corrected chi connectivity index (χ4v) is 5.23. The molecule has 31 heavy (non-hydrogen) atoms. The maximum absolute atomic E-state index is 12.8. The number of carbonyl (C=O) groups is 1. The monoisotopic (exact) mass is 444 g/mol. The zero-order chi connectivity index (χ0) is 22.2. The number of amides is 1. The average Bonchev–Trinajstić information content (AvgIpc) is 3.07. The standard InChI is InChI=1S/C23H28N2O5S/c1-15(2)29-23(26)25-13-7-11-19(24-31(3,27)28)20(25)14-16-8-6-10-18-17-9-4-5-12-21(17)30-22(16)18/h4-6,8-10,12,15,19-20,24H,7,11,13-14H2,1-3H3/t19-,20-/m1/s1. The molecule has 0 radical (unpaired) electrons. The molecule has 2 aromatic carbocycles. The number of rotatable bonds is 5. The number of ether oxygens (including phenoxy) is 1. The lowest BCUT2D eigenvalue weighted by atomic mass is 9.91. The molecule has 4 rings (SSSR count). The maximum atomic E-state index is 12.8. The number of fused-ring (bicyclic) bond motifs is 3. The van der Waals surface area contributed by atoms with Gasteiger partial charge >= 0.3 is 6.09 Å². The largest absolute Gasteiger partial charge is 0.456 e. The highest BCUT2D eigenvalue weighted by atomic mass is 32.2. The van der Waals surface area contributed by atoms with Crippen LogP contribution in [0.1, 0.15) is 32.3 Å². The summed E-state index contributed by atoms with van der Waals surface area (Å²) in [4.78, 5) is 14.5. The predicted molar refractivity (Wildman–Crippen MR) is 121 cm³/mol. The highest BCUT2D eigenvalue weighted by Gasteiger charge is 2.37. The molecule has 0 aliphatic carbocycles. The molecule has 0 spiro atoms. The van der Waals surface area contributed by atoms with Crippen molar-refractivity contribution < 1.29 is 22.4 Å². The van der Waals surface area contributed by atoms with Crippen LogP contribution in [0.5, 0.6) is 0 Å². The summed E-state index contributed by atoms with van der Waals surface area (Å²) in [6, 6.07) is 13.0. The second-order valence-corrected chi connectivity index (χ2v) is 10.2. The van der Waals surface area contributed by atoms with E-state index in [1.54, 1.807) is 18.7 Å². The number of hydrogen-bond donors (Lipinski definition) is 1. The van der Waals surface area contributed by atoms with Gasteiger partial charge in [-0.25, -0.2) is 17.9 Å². The molecule has 0 unspecified atom stereocenters. The summed E-state index contributed by atoms with van der Waals surface area (Å²) < 4.78 is 38.4. The zero-order valence-electron chi connectivity index (χ0n) is 18.0. The number of nitrogens with one attached hydrogen (secondary N) is 1. The van der Waals surface area contributed by atoms with Crippen LogP contribution < -0.4 is 4.72 Å². The summed E-state index contributed by atoms with van der Waals surface area (Å²) in [5, 5.41) is 2.04. The number of carbonyl (C=O) groups excluding carboxylic acids is 1. The molecular formula is C23H28N2O5S. The van der Waals surface area contributed by atoms with Crippen molar-refractivity contribution in [1.29, 1.82) is 0 Å². The van der Waals surface area contributed by atoms with E-state index in [0.717, 1.165) is 33.8 Å². The summed E-state index contributed by atoms with van der Waals surface area (Å²) >= 11 is 0. The number of piperidine rings is 1. The number of hydrogen-bond acceptors (Lipinski definition) is 5. The average molecular weight is 445 g/mol. The molecule has 8 heteroatoms. The number of sulfonamides is 1. The first-order chi connectivity index (χ1) is 14.7. The number of nitrogens with zero attached hydrogens (tertiary/aromatic N) is 1. The maximum Gasteiger partial charge on any atom is 0.410 e. The van der Waals surface area contributed by atoms with Crippen LogP contribution in [0.25, 0.3) is 21.9 Å². The van der Waals surface area contributed by atoms with E-state index >= 15 is 0 Å². The van der Waals surface area contributed by atoms with Crippen molar-refractivity contribution in [3.63, 3.8) is 0 Å². The van der Waals surface area contributed by atoms with Gasteiger partial charge in [-0.05, 0) is 44.7 Å². The van der Waals surface area contributed by atoms with E-state index in [0.29, 0.717) is 25.8 Å². The quantitative estimate of drug-likeness (QED) is 0.641. The molecule has 1 saturated heterocycles. The lowest BCUT2D eigenvalue weighted by Crippen LogP contribution is -2.58. The van der Waals surface area contributed by atoms with Crippen LogP contribution in [0.2, 0.25) is 0 Å². The number of benzene rings is 2. The number of furan rings is 1. The molecule has 1 aliphatic rings. The SMILES string of the molecule is CC(C)OC(=O)N1CCC[C@@H](NS(C)(=O)=O)[C@H]1Cc1cccc2c1oc1ccccc12. The number of likely N-dealkylation sites (tertiary alicyclic amines) is 1. The fraction of sp³-hybridized carbons (Fsp3) is 0.435. The van der Waals surface area contributed by atoms with E-state index in [4.69, 9.17) is 9.15 Å². The van der Waals surface area contributed by atoms with Gasteiger partial charge in [0.25, 0.3) is 0 Å². The second kappa shape index (κ2) is 8.51. The van der Waals surface area contributed by atoms with Crippen molar-refractivity contribution in [2.75, 3.05) is 12.8 Å². The Morgan fingerprint density at radius 1 is 1.19 bits per heavy atom. The Hall–Kier alpha value is -2.58. The molecule has 1 amide bonds. The van der Waals surface area contributed by atoms with Gasteiger partial charge in [0.1, 0.15) is 11.2 Å². The molecule has 3 aromatic rings. The Kier molecular flexibility index (Phi) is 5.94. The minimum atomic E-state index is -3.44. The molecule has 2 heterocycles. The van der Waals surface area contributed by atoms with Gasteiger partial charge in [0.2, 0.25) is 10.0 Å². The minimum absolute atomic E-state index is 0.254. The molecule has 0 saturated carbocycles. The lowest BCUT2D eigenvalue weighted by Gasteiger charge is -2.41. The third kappa shape index (κ3) is 4.70. The first-order valence-electron chi connectivity index (χ1n) is 10.6. The zero-order valence-corrected chi connectivity index (χ0v) is 18.8. The van der Waals surface area contributed by atoms with Crippen molar-refractivity contribution in [2.45, 2.75) is 51.3 Å². The predicted octanol–water partition coefficient (Wildman–Crippen LogP) is 4.06. The van der Waals surface area contributed by atoms with Crippen molar-refractivity contribution >= 4 is 38.1 Å². The Morgan fingerprint density at radius 2 is 1.94 bits per heavy atom. The molecular weight excluding hydrogens is 416 g/mol. The van der Waals surface area contributed by atoms with Crippen LogP contribution in [0.4, 0.5) is 4.79 Å². The summed E-state index contributed by atoms with van der Waals surface area (Å²) in [5.74, 6) is 0. The van der Waals surface area contributed by atoms with Gasteiger partial charge in [-0.15, -0.1) is 0 Å². The van der Waals surface area contributed by atoms with Crippen LogP contribution in [0.3, 0.4) is 0 Å². The van der Waals surface area contributed by atoms with Gasteiger partial charge in [-0.3, -0.25) is 0 Å². The third-order valence-corrected chi connectivity index (χ3v) is 6.36. The summed E-state index contributed by atoms with van der Waals surface area (Å²) in [7, 11) is -3.44. The fourth-order valence-electron chi connectivity index (χ4n) is 4.41. The normalized spacial score (nSPS) is 19.9. The first-order valence-corrected chi connectivity index (χ1v) is 12.5.